The molecule has 0 aromatic carbocycles. The number of hydrogen-bond donors (Lipinski definition) is 4. The second-order valence-electron chi connectivity index (χ2n) is 5.18. The second kappa shape index (κ2) is 9.77. The number of hydrogen-bond acceptors (Lipinski definition) is 5. The molecule has 0 aromatic rings. The molecule has 116 valence electrons. The Hall–Kier alpha value is -1.08. The summed E-state index contributed by atoms with van der Waals surface area (Å²) in [5, 5.41) is 11.2. The Morgan fingerprint density at radius 2 is 1.80 bits per heavy atom. The summed E-state index contributed by atoms with van der Waals surface area (Å²) in [7, 11) is 0. The molecule has 0 radical (unpaired) electrons. The largest absolute Gasteiger partial charge is 0.480 e. The summed E-state index contributed by atoms with van der Waals surface area (Å²) < 4.78 is 0. The minimum absolute atomic E-state index is 0.0186. The Morgan fingerprint density at radius 1 is 1.20 bits per heavy atom. The Balaban J connectivity index is 4.18. The molecule has 0 bridgehead atoms. The number of thiol groups is 1. The van der Waals surface area contributed by atoms with Gasteiger partial charge in [0.1, 0.15) is 6.04 Å². The van der Waals surface area contributed by atoms with Crippen LogP contribution in [0.3, 0.4) is 0 Å². The number of nitrogens with two attached hydrogens (primary N) is 1. The van der Waals surface area contributed by atoms with Gasteiger partial charge in [-0.3, -0.25) is 14.4 Å². The van der Waals surface area contributed by atoms with Crippen molar-refractivity contribution in [2.24, 2.45) is 11.7 Å². The van der Waals surface area contributed by atoms with E-state index in [1.165, 1.54) is 0 Å². The van der Waals surface area contributed by atoms with Gasteiger partial charge in [0.2, 0.25) is 5.91 Å². The van der Waals surface area contributed by atoms with Gasteiger partial charge in [-0.1, -0.05) is 13.8 Å². The lowest BCUT2D eigenvalue weighted by Gasteiger charge is -2.16. The van der Waals surface area contributed by atoms with Crippen LogP contribution in [0.15, 0.2) is 0 Å². The molecule has 0 rings (SSSR count). The van der Waals surface area contributed by atoms with Crippen molar-refractivity contribution in [3.8, 4) is 0 Å². The van der Waals surface area contributed by atoms with E-state index < -0.39 is 18.1 Å². The van der Waals surface area contributed by atoms with Crippen molar-refractivity contribution in [2.45, 2.75) is 51.6 Å². The Morgan fingerprint density at radius 3 is 2.25 bits per heavy atom. The first kappa shape index (κ1) is 18.9. The number of carboxylic acids is 1. The Bertz CT molecular complexity index is 347. The summed E-state index contributed by atoms with van der Waals surface area (Å²) in [6.07, 6.45) is 1.19. The molecule has 0 aliphatic rings. The average molecular weight is 304 g/mol. The third kappa shape index (κ3) is 8.16. The van der Waals surface area contributed by atoms with E-state index in [-0.39, 0.29) is 30.3 Å². The topological polar surface area (TPSA) is 109 Å². The fourth-order valence-electron chi connectivity index (χ4n) is 1.51. The van der Waals surface area contributed by atoms with Gasteiger partial charge in [-0.2, -0.15) is 12.6 Å². The number of Topliss-reactive ketones (excluding diaryl/α,β-unsaturated/α-hetero) is 1. The number of nitrogens with one attached hydrogen (secondary N) is 1. The van der Waals surface area contributed by atoms with Gasteiger partial charge in [0, 0.05) is 18.6 Å². The standard InChI is InChI=1S/C13H24N2O4S/c1-8(2)3-5-11(16)10(7-20)15-12(17)6-4-9(14)13(18)19/h8-10,20H,3-7,14H2,1-2H3,(H,15,17)(H,18,19)/t9-,10-/m0/s1. The van der Waals surface area contributed by atoms with E-state index in [9.17, 15) is 14.4 Å². The quantitative estimate of drug-likeness (QED) is 0.442. The molecule has 1 amide bonds. The number of amides is 1. The predicted molar refractivity (Wildman–Crippen MR) is 79.7 cm³/mol. The maximum atomic E-state index is 11.9. The van der Waals surface area contributed by atoms with Crippen LogP contribution in [0, 0.1) is 5.92 Å². The van der Waals surface area contributed by atoms with Gasteiger partial charge in [0.25, 0.3) is 0 Å². The SMILES string of the molecule is CC(C)CCC(=O)[C@H](CS)NC(=O)CC[C@H](N)C(=O)O. The van der Waals surface area contributed by atoms with Gasteiger partial charge in [-0.25, -0.2) is 0 Å². The summed E-state index contributed by atoms with van der Waals surface area (Å²) in [6, 6.07) is -1.68. The highest BCUT2D eigenvalue weighted by Crippen LogP contribution is 2.07. The number of aliphatic carboxylic acids is 1. The molecule has 0 saturated heterocycles. The van der Waals surface area contributed by atoms with Crippen molar-refractivity contribution in [3.63, 3.8) is 0 Å². The maximum absolute atomic E-state index is 11.9. The maximum Gasteiger partial charge on any atom is 0.320 e. The fraction of sp³-hybridized carbons (Fsp3) is 0.769. The zero-order valence-corrected chi connectivity index (χ0v) is 12.9. The van der Waals surface area contributed by atoms with Crippen LogP contribution in [0.1, 0.15) is 39.5 Å². The first-order chi connectivity index (χ1) is 9.27. The van der Waals surface area contributed by atoms with Gasteiger partial charge in [-0.05, 0) is 18.8 Å². The van der Waals surface area contributed by atoms with Crippen molar-refractivity contribution >= 4 is 30.3 Å². The lowest BCUT2D eigenvalue weighted by atomic mass is 10.0. The highest BCUT2D eigenvalue weighted by Gasteiger charge is 2.20. The molecule has 7 heteroatoms. The zero-order chi connectivity index (χ0) is 15.7. The number of rotatable bonds is 10. The smallest absolute Gasteiger partial charge is 0.320 e. The van der Waals surface area contributed by atoms with Crippen LogP contribution in [-0.4, -0.2) is 40.6 Å². The van der Waals surface area contributed by atoms with Crippen molar-refractivity contribution in [3.05, 3.63) is 0 Å². The molecule has 4 N–H and O–H groups in total. The van der Waals surface area contributed by atoms with Gasteiger partial charge in [0.15, 0.2) is 5.78 Å². The number of carbonyl (C=O) groups excluding carboxylic acids is 2. The molecule has 0 spiro atoms. The summed E-state index contributed by atoms with van der Waals surface area (Å²) >= 11 is 4.06. The number of carboxylic acid groups (broad SMARTS) is 1. The molecule has 0 aliphatic carbocycles. The predicted octanol–water partition coefficient (Wildman–Crippen LogP) is 0.598. The van der Waals surface area contributed by atoms with Crippen LogP contribution in [-0.2, 0) is 14.4 Å². The summed E-state index contributed by atoms with van der Waals surface area (Å²) in [5.74, 6) is -0.920. The molecular weight excluding hydrogens is 280 g/mol. The van der Waals surface area contributed by atoms with Crippen LogP contribution in [0.4, 0.5) is 0 Å². The minimum Gasteiger partial charge on any atom is -0.480 e. The average Bonchev–Trinajstić information content (AvgIpc) is 2.38. The van der Waals surface area contributed by atoms with Gasteiger partial charge in [0.05, 0.1) is 6.04 Å². The summed E-state index contributed by atoms with van der Waals surface area (Å²) in [6.45, 7) is 4.05. The fourth-order valence-corrected chi connectivity index (χ4v) is 1.80. The second-order valence-corrected chi connectivity index (χ2v) is 5.55. The van der Waals surface area contributed by atoms with Crippen molar-refractivity contribution < 1.29 is 19.5 Å². The van der Waals surface area contributed by atoms with Gasteiger partial charge >= 0.3 is 5.97 Å². The van der Waals surface area contributed by atoms with E-state index in [1.54, 1.807) is 0 Å². The first-order valence-corrected chi connectivity index (χ1v) is 7.32. The highest BCUT2D eigenvalue weighted by molar-refractivity contribution is 7.80. The normalized spacial score (nSPS) is 13.8. The lowest BCUT2D eigenvalue weighted by molar-refractivity contribution is -0.138. The van der Waals surface area contributed by atoms with E-state index in [1.807, 2.05) is 13.8 Å². The monoisotopic (exact) mass is 304 g/mol. The molecule has 6 nitrogen and oxygen atoms in total. The molecule has 0 aromatic heterocycles. The molecule has 0 heterocycles. The van der Waals surface area contributed by atoms with Crippen molar-refractivity contribution in [1.29, 1.82) is 0 Å². The van der Waals surface area contributed by atoms with E-state index in [2.05, 4.69) is 17.9 Å². The van der Waals surface area contributed by atoms with Crippen LogP contribution in [0.5, 0.6) is 0 Å². The van der Waals surface area contributed by atoms with Gasteiger partial charge < -0.3 is 16.2 Å². The van der Waals surface area contributed by atoms with E-state index >= 15 is 0 Å². The minimum atomic E-state index is -1.14. The Kier molecular flexibility index (Phi) is 9.24. The molecule has 0 fully saturated rings. The molecular formula is C13H24N2O4S. The molecule has 0 saturated carbocycles. The number of carbonyl (C=O) groups is 3. The van der Waals surface area contributed by atoms with Crippen molar-refractivity contribution in [2.75, 3.05) is 5.75 Å². The van der Waals surface area contributed by atoms with Crippen LogP contribution in [0.2, 0.25) is 0 Å². The summed E-state index contributed by atoms with van der Waals surface area (Å²) in [5.41, 5.74) is 5.31. The van der Waals surface area contributed by atoms with Crippen LogP contribution < -0.4 is 11.1 Å². The lowest BCUT2D eigenvalue weighted by Crippen LogP contribution is -2.43. The number of ketones is 1. The zero-order valence-electron chi connectivity index (χ0n) is 12.0. The first-order valence-electron chi connectivity index (χ1n) is 6.69. The summed E-state index contributed by atoms with van der Waals surface area (Å²) in [4.78, 5) is 34.0. The van der Waals surface area contributed by atoms with E-state index in [4.69, 9.17) is 10.8 Å². The third-order valence-corrected chi connectivity index (χ3v) is 3.24. The molecule has 20 heavy (non-hydrogen) atoms. The highest BCUT2D eigenvalue weighted by atomic mass is 32.1. The van der Waals surface area contributed by atoms with Gasteiger partial charge in [-0.15, -0.1) is 0 Å². The Labute approximate surface area is 124 Å². The van der Waals surface area contributed by atoms with Crippen molar-refractivity contribution in [1.82, 2.24) is 5.32 Å². The molecule has 0 aliphatic heterocycles. The van der Waals surface area contributed by atoms with E-state index in [0.717, 1.165) is 6.42 Å². The van der Waals surface area contributed by atoms with E-state index in [0.29, 0.717) is 12.3 Å². The third-order valence-electron chi connectivity index (χ3n) is 2.87. The van der Waals surface area contributed by atoms with Crippen LogP contribution >= 0.6 is 12.6 Å². The molecule has 0 unspecified atom stereocenters. The van der Waals surface area contributed by atoms with Crippen LogP contribution in [0.25, 0.3) is 0 Å². The molecule has 2 atom stereocenters.